The Bertz CT molecular complexity index is 666. The van der Waals surface area contributed by atoms with E-state index in [0.717, 1.165) is 21.8 Å². The maximum atomic E-state index is 10.8. The largest absolute Gasteiger partial charge is 0.481 e. The molecule has 6 nitrogen and oxygen atoms in total. The van der Waals surface area contributed by atoms with Gasteiger partial charge in [0, 0.05) is 28.0 Å². The van der Waals surface area contributed by atoms with Gasteiger partial charge >= 0.3 is 5.97 Å². The lowest BCUT2D eigenvalue weighted by atomic mass is 10.1. The van der Waals surface area contributed by atoms with Gasteiger partial charge in [0.2, 0.25) is 0 Å². The summed E-state index contributed by atoms with van der Waals surface area (Å²) in [6.45, 7) is 6.07. The maximum absolute atomic E-state index is 10.8. The first-order valence-corrected chi connectivity index (χ1v) is 7.98. The standard InChI is InChI=1S/C13H15BrN4O2S/c1-13(2,3)18-11(8-4-9(14)6-15-5-8)16-17-12(18)21-7-10(19)20/h4-6H,7H2,1-3H3,(H,19,20). The van der Waals surface area contributed by atoms with Gasteiger partial charge in [-0.05, 0) is 42.8 Å². The molecule has 112 valence electrons. The Kier molecular flexibility index (Phi) is 4.67. The minimum Gasteiger partial charge on any atom is -0.481 e. The molecule has 2 rings (SSSR count). The fourth-order valence-electron chi connectivity index (χ4n) is 1.82. The second-order valence-corrected chi connectivity index (χ2v) is 7.24. The molecule has 2 aromatic heterocycles. The first kappa shape index (κ1) is 16.0. The minimum atomic E-state index is -0.880. The minimum absolute atomic E-state index is 0.0506. The Morgan fingerprint density at radius 1 is 1.38 bits per heavy atom. The van der Waals surface area contributed by atoms with E-state index in [2.05, 4.69) is 31.1 Å². The number of carboxylic acids is 1. The Balaban J connectivity index is 2.49. The quantitative estimate of drug-likeness (QED) is 0.833. The molecule has 0 saturated heterocycles. The van der Waals surface area contributed by atoms with Crippen LogP contribution in [0.1, 0.15) is 20.8 Å². The predicted molar refractivity (Wildman–Crippen MR) is 84.3 cm³/mol. The van der Waals surface area contributed by atoms with Gasteiger partial charge < -0.3 is 5.11 Å². The van der Waals surface area contributed by atoms with Crippen LogP contribution in [0.5, 0.6) is 0 Å². The van der Waals surface area contributed by atoms with Crippen molar-refractivity contribution in [3.05, 3.63) is 22.9 Å². The molecule has 0 aliphatic carbocycles. The highest BCUT2D eigenvalue weighted by Gasteiger charge is 2.24. The molecule has 8 heteroatoms. The Labute approximate surface area is 135 Å². The van der Waals surface area contributed by atoms with Crippen molar-refractivity contribution in [1.82, 2.24) is 19.7 Å². The Morgan fingerprint density at radius 2 is 2.10 bits per heavy atom. The van der Waals surface area contributed by atoms with Crippen molar-refractivity contribution in [1.29, 1.82) is 0 Å². The Hall–Kier alpha value is -1.41. The average molecular weight is 371 g/mol. The maximum Gasteiger partial charge on any atom is 0.313 e. The summed E-state index contributed by atoms with van der Waals surface area (Å²) >= 11 is 4.55. The summed E-state index contributed by atoms with van der Waals surface area (Å²) in [5, 5.41) is 17.8. The van der Waals surface area contributed by atoms with Crippen molar-refractivity contribution in [2.75, 3.05) is 5.75 Å². The molecule has 0 spiro atoms. The highest BCUT2D eigenvalue weighted by atomic mass is 79.9. The van der Waals surface area contributed by atoms with Crippen LogP contribution in [0.25, 0.3) is 11.4 Å². The van der Waals surface area contributed by atoms with Crippen LogP contribution in [0.2, 0.25) is 0 Å². The summed E-state index contributed by atoms with van der Waals surface area (Å²) in [6, 6.07) is 1.91. The zero-order valence-electron chi connectivity index (χ0n) is 11.9. The summed E-state index contributed by atoms with van der Waals surface area (Å²) in [7, 11) is 0. The molecule has 0 aromatic carbocycles. The number of carboxylic acid groups (broad SMARTS) is 1. The van der Waals surface area contributed by atoms with Crippen molar-refractivity contribution in [3.8, 4) is 11.4 Å². The number of nitrogens with zero attached hydrogens (tertiary/aromatic N) is 4. The van der Waals surface area contributed by atoms with Crippen LogP contribution in [-0.4, -0.2) is 36.6 Å². The van der Waals surface area contributed by atoms with Crippen molar-refractivity contribution in [2.24, 2.45) is 0 Å². The third-order valence-electron chi connectivity index (χ3n) is 2.59. The lowest BCUT2D eigenvalue weighted by Crippen LogP contribution is -2.24. The van der Waals surface area contributed by atoms with E-state index < -0.39 is 5.97 Å². The van der Waals surface area contributed by atoms with Gasteiger partial charge in [-0.3, -0.25) is 14.3 Å². The van der Waals surface area contributed by atoms with Gasteiger partial charge in [-0.15, -0.1) is 10.2 Å². The number of pyridine rings is 1. The predicted octanol–water partition coefficient (Wildman–Crippen LogP) is 3.03. The van der Waals surface area contributed by atoms with Crippen LogP contribution >= 0.6 is 27.7 Å². The van der Waals surface area contributed by atoms with Crippen LogP contribution in [0.4, 0.5) is 0 Å². The number of hydrogen-bond acceptors (Lipinski definition) is 5. The van der Waals surface area contributed by atoms with Crippen molar-refractivity contribution < 1.29 is 9.90 Å². The summed E-state index contributed by atoms with van der Waals surface area (Å²) in [5.74, 6) is -0.261. The van der Waals surface area contributed by atoms with Crippen LogP contribution in [0.15, 0.2) is 28.1 Å². The topological polar surface area (TPSA) is 80.9 Å². The molecule has 0 aliphatic rings. The molecule has 0 amide bonds. The highest BCUT2D eigenvalue weighted by Crippen LogP contribution is 2.31. The fraction of sp³-hybridized carbons (Fsp3) is 0.385. The van der Waals surface area contributed by atoms with Gasteiger partial charge in [0.05, 0.1) is 5.75 Å². The fourth-order valence-corrected chi connectivity index (χ4v) is 3.02. The molecule has 0 fully saturated rings. The molecular weight excluding hydrogens is 356 g/mol. The number of thioether (sulfide) groups is 1. The number of hydrogen-bond donors (Lipinski definition) is 1. The van der Waals surface area contributed by atoms with E-state index in [1.807, 2.05) is 31.4 Å². The van der Waals surface area contributed by atoms with E-state index in [-0.39, 0.29) is 11.3 Å². The summed E-state index contributed by atoms with van der Waals surface area (Å²) in [4.78, 5) is 14.9. The number of halogens is 1. The normalized spacial score (nSPS) is 11.6. The number of rotatable bonds is 4. The van der Waals surface area contributed by atoms with E-state index in [4.69, 9.17) is 5.11 Å². The zero-order valence-corrected chi connectivity index (χ0v) is 14.3. The molecule has 0 atom stereocenters. The molecular formula is C13H15BrN4O2S. The summed E-state index contributed by atoms with van der Waals surface area (Å²) < 4.78 is 2.78. The van der Waals surface area contributed by atoms with Crippen molar-refractivity contribution in [2.45, 2.75) is 31.5 Å². The van der Waals surface area contributed by atoms with E-state index in [9.17, 15) is 4.79 Å². The average Bonchev–Trinajstić information content (AvgIpc) is 2.80. The third kappa shape index (κ3) is 3.82. The third-order valence-corrected chi connectivity index (χ3v) is 3.94. The molecule has 0 aliphatic heterocycles. The van der Waals surface area contributed by atoms with Gasteiger partial charge in [-0.25, -0.2) is 0 Å². The second-order valence-electron chi connectivity index (χ2n) is 5.39. The molecule has 0 saturated carbocycles. The van der Waals surface area contributed by atoms with E-state index in [0.29, 0.717) is 11.0 Å². The molecule has 1 N–H and O–H groups in total. The van der Waals surface area contributed by atoms with Crippen molar-refractivity contribution in [3.63, 3.8) is 0 Å². The van der Waals surface area contributed by atoms with Gasteiger partial charge in [-0.1, -0.05) is 11.8 Å². The molecule has 0 unspecified atom stereocenters. The molecule has 0 bridgehead atoms. The van der Waals surface area contributed by atoms with Crippen LogP contribution in [0, 0.1) is 0 Å². The SMILES string of the molecule is CC(C)(C)n1c(SCC(=O)O)nnc1-c1cncc(Br)c1. The number of aromatic nitrogens is 4. The second kappa shape index (κ2) is 6.15. The lowest BCUT2D eigenvalue weighted by Gasteiger charge is -2.24. The van der Waals surface area contributed by atoms with E-state index in [1.54, 1.807) is 12.4 Å². The molecule has 2 heterocycles. The zero-order chi connectivity index (χ0) is 15.6. The summed E-state index contributed by atoms with van der Waals surface area (Å²) in [5.41, 5.74) is 0.552. The van der Waals surface area contributed by atoms with Crippen LogP contribution in [-0.2, 0) is 10.3 Å². The van der Waals surface area contributed by atoms with E-state index >= 15 is 0 Å². The number of aliphatic carboxylic acids is 1. The van der Waals surface area contributed by atoms with Crippen molar-refractivity contribution >= 4 is 33.7 Å². The van der Waals surface area contributed by atoms with Gasteiger partial charge in [0.15, 0.2) is 11.0 Å². The first-order chi connectivity index (χ1) is 9.79. The van der Waals surface area contributed by atoms with Crippen LogP contribution in [0.3, 0.4) is 0 Å². The monoisotopic (exact) mass is 370 g/mol. The lowest BCUT2D eigenvalue weighted by molar-refractivity contribution is -0.133. The molecule has 0 radical (unpaired) electrons. The van der Waals surface area contributed by atoms with Gasteiger partial charge in [0.1, 0.15) is 0 Å². The summed E-state index contributed by atoms with van der Waals surface area (Å²) in [6.07, 6.45) is 3.41. The van der Waals surface area contributed by atoms with Crippen LogP contribution < -0.4 is 0 Å². The van der Waals surface area contributed by atoms with Gasteiger partial charge in [0.25, 0.3) is 0 Å². The highest BCUT2D eigenvalue weighted by molar-refractivity contribution is 9.10. The van der Waals surface area contributed by atoms with Gasteiger partial charge in [-0.2, -0.15) is 0 Å². The number of carbonyl (C=O) groups is 1. The first-order valence-electron chi connectivity index (χ1n) is 6.20. The molecule has 2 aromatic rings. The Morgan fingerprint density at radius 3 is 2.67 bits per heavy atom. The smallest absolute Gasteiger partial charge is 0.313 e. The van der Waals surface area contributed by atoms with E-state index in [1.165, 1.54) is 0 Å². The molecule has 21 heavy (non-hydrogen) atoms.